The molecule has 0 bridgehead atoms. The summed E-state index contributed by atoms with van der Waals surface area (Å²) in [6.07, 6.45) is 0.759. The summed E-state index contributed by atoms with van der Waals surface area (Å²) in [7, 11) is -3.40. The van der Waals surface area contributed by atoms with Crippen molar-refractivity contribution in [2.75, 3.05) is 24.5 Å². The molecule has 0 saturated carbocycles. The van der Waals surface area contributed by atoms with E-state index in [1.807, 2.05) is 18.2 Å². The number of anilines is 1. The van der Waals surface area contributed by atoms with Gasteiger partial charge in [-0.15, -0.1) is 0 Å². The van der Waals surface area contributed by atoms with Gasteiger partial charge in [0.2, 0.25) is 10.0 Å². The van der Waals surface area contributed by atoms with Crippen LogP contribution in [-0.4, -0.2) is 28.1 Å². The maximum absolute atomic E-state index is 12.1. The van der Waals surface area contributed by atoms with Crippen molar-refractivity contribution in [2.45, 2.75) is 18.2 Å². The molecule has 4 nitrogen and oxygen atoms in total. The van der Waals surface area contributed by atoms with Gasteiger partial charge in [-0.2, -0.15) is 0 Å². The largest absolute Gasteiger partial charge is 0.372 e. The van der Waals surface area contributed by atoms with Gasteiger partial charge in [-0.05, 0) is 37.6 Å². The van der Waals surface area contributed by atoms with E-state index in [4.69, 9.17) is 0 Å². The zero-order valence-corrected chi connectivity index (χ0v) is 13.6. The standard InChI is InChI=1S/C17H22N2O2S/c1-2-19(16-10-5-3-6-11-16)15-9-14-18-22(20,21)17-12-7-4-8-13-17/h3-8,10-13,18H,2,9,14-15H2,1H3. The normalized spacial score (nSPS) is 11.3. The number of nitrogens with one attached hydrogen (secondary N) is 1. The summed E-state index contributed by atoms with van der Waals surface area (Å²) >= 11 is 0. The number of hydrogen-bond donors (Lipinski definition) is 1. The Balaban J connectivity index is 1.84. The predicted octanol–water partition coefficient (Wildman–Crippen LogP) is 2.88. The first-order valence-electron chi connectivity index (χ1n) is 7.48. The summed E-state index contributed by atoms with van der Waals surface area (Å²) in [5, 5.41) is 0. The van der Waals surface area contributed by atoms with E-state index in [1.165, 1.54) is 0 Å². The lowest BCUT2D eigenvalue weighted by molar-refractivity contribution is 0.578. The second-order valence-electron chi connectivity index (χ2n) is 4.98. The molecule has 0 aromatic heterocycles. The minimum absolute atomic E-state index is 0.311. The van der Waals surface area contributed by atoms with Crippen molar-refractivity contribution in [3.63, 3.8) is 0 Å². The highest BCUT2D eigenvalue weighted by molar-refractivity contribution is 7.89. The molecular formula is C17H22N2O2S. The highest BCUT2D eigenvalue weighted by Crippen LogP contribution is 2.13. The van der Waals surface area contributed by atoms with Crippen LogP contribution in [0, 0.1) is 0 Å². The van der Waals surface area contributed by atoms with Gasteiger partial charge in [-0.3, -0.25) is 0 Å². The Bertz CT molecular complexity index is 658. The van der Waals surface area contributed by atoms with Crippen LogP contribution in [0.3, 0.4) is 0 Å². The number of sulfonamides is 1. The van der Waals surface area contributed by atoms with Gasteiger partial charge in [0.15, 0.2) is 0 Å². The van der Waals surface area contributed by atoms with E-state index >= 15 is 0 Å². The minimum atomic E-state index is -3.40. The summed E-state index contributed by atoms with van der Waals surface area (Å²) in [5.74, 6) is 0. The first-order valence-corrected chi connectivity index (χ1v) is 8.96. The molecule has 5 heteroatoms. The molecule has 1 N–H and O–H groups in total. The van der Waals surface area contributed by atoms with Gasteiger partial charge in [0, 0.05) is 25.3 Å². The molecular weight excluding hydrogens is 296 g/mol. The van der Waals surface area contributed by atoms with Crippen LogP contribution in [0.4, 0.5) is 5.69 Å². The van der Waals surface area contributed by atoms with Crippen LogP contribution in [0.25, 0.3) is 0 Å². The molecule has 2 aromatic rings. The van der Waals surface area contributed by atoms with Crippen LogP contribution in [-0.2, 0) is 10.0 Å². The van der Waals surface area contributed by atoms with E-state index in [9.17, 15) is 8.42 Å². The van der Waals surface area contributed by atoms with Gasteiger partial charge in [0.25, 0.3) is 0 Å². The number of rotatable bonds is 8. The smallest absolute Gasteiger partial charge is 0.240 e. The summed E-state index contributed by atoms with van der Waals surface area (Å²) in [5.41, 5.74) is 1.16. The van der Waals surface area contributed by atoms with Crippen LogP contribution in [0.1, 0.15) is 13.3 Å². The molecule has 0 spiro atoms. The van der Waals surface area contributed by atoms with E-state index < -0.39 is 10.0 Å². The number of nitrogens with zero attached hydrogens (tertiary/aromatic N) is 1. The summed E-state index contributed by atoms with van der Waals surface area (Å²) in [6.45, 7) is 4.25. The average molecular weight is 318 g/mol. The van der Waals surface area contributed by atoms with Gasteiger partial charge in [-0.1, -0.05) is 36.4 Å². The number of para-hydroxylation sites is 1. The Kier molecular flexibility index (Phi) is 5.98. The Morgan fingerprint density at radius 1 is 0.955 bits per heavy atom. The van der Waals surface area contributed by atoms with Crippen molar-refractivity contribution in [1.82, 2.24) is 4.72 Å². The lowest BCUT2D eigenvalue weighted by Crippen LogP contribution is -2.30. The van der Waals surface area contributed by atoms with Crippen molar-refractivity contribution in [1.29, 1.82) is 0 Å². The highest BCUT2D eigenvalue weighted by atomic mass is 32.2. The van der Waals surface area contributed by atoms with Crippen LogP contribution < -0.4 is 9.62 Å². The quantitative estimate of drug-likeness (QED) is 0.761. The molecule has 0 atom stereocenters. The zero-order valence-electron chi connectivity index (χ0n) is 12.8. The topological polar surface area (TPSA) is 49.4 Å². The van der Waals surface area contributed by atoms with Gasteiger partial charge < -0.3 is 4.90 Å². The fourth-order valence-electron chi connectivity index (χ4n) is 2.27. The molecule has 0 heterocycles. The fraction of sp³-hybridized carbons (Fsp3) is 0.294. The maximum atomic E-state index is 12.1. The third-order valence-corrected chi connectivity index (χ3v) is 4.93. The second kappa shape index (κ2) is 7.96. The van der Waals surface area contributed by atoms with Crippen molar-refractivity contribution < 1.29 is 8.42 Å². The molecule has 0 aliphatic carbocycles. The molecule has 0 aliphatic heterocycles. The second-order valence-corrected chi connectivity index (χ2v) is 6.75. The van der Waals surface area contributed by atoms with Crippen LogP contribution in [0.15, 0.2) is 65.6 Å². The molecule has 0 unspecified atom stereocenters. The van der Waals surface area contributed by atoms with Crippen LogP contribution >= 0.6 is 0 Å². The monoisotopic (exact) mass is 318 g/mol. The Hall–Kier alpha value is -1.85. The Morgan fingerprint density at radius 2 is 1.55 bits per heavy atom. The van der Waals surface area contributed by atoms with Crippen molar-refractivity contribution in [3.8, 4) is 0 Å². The fourth-order valence-corrected chi connectivity index (χ4v) is 3.36. The molecule has 2 rings (SSSR count). The molecule has 0 saturated heterocycles. The Labute approximate surface area is 132 Å². The average Bonchev–Trinajstić information content (AvgIpc) is 2.56. The lowest BCUT2D eigenvalue weighted by Gasteiger charge is -2.23. The molecule has 22 heavy (non-hydrogen) atoms. The summed E-state index contributed by atoms with van der Waals surface area (Å²) < 4.78 is 26.8. The molecule has 0 aliphatic rings. The predicted molar refractivity (Wildman–Crippen MR) is 90.6 cm³/mol. The first kappa shape index (κ1) is 16.5. The molecule has 0 fully saturated rings. The molecule has 118 valence electrons. The molecule has 0 amide bonds. The Morgan fingerprint density at radius 3 is 2.14 bits per heavy atom. The zero-order chi connectivity index (χ0) is 15.8. The van der Waals surface area contributed by atoms with E-state index in [1.54, 1.807) is 30.3 Å². The number of benzene rings is 2. The van der Waals surface area contributed by atoms with Gasteiger partial charge in [0.1, 0.15) is 0 Å². The van der Waals surface area contributed by atoms with E-state index in [2.05, 4.69) is 28.7 Å². The lowest BCUT2D eigenvalue weighted by atomic mass is 10.2. The third kappa shape index (κ3) is 4.58. The van der Waals surface area contributed by atoms with E-state index in [-0.39, 0.29) is 0 Å². The summed E-state index contributed by atoms with van der Waals surface area (Å²) in [6, 6.07) is 18.6. The van der Waals surface area contributed by atoms with Gasteiger partial charge in [-0.25, -0.2) is 13.1 Å². The van der Waals surface area contributed by atoms with Gasteiger partial charge >= 0.3 is 0 Å². The van der Waals surface area contributed by atoms with Gasteiger partial charge in [0.05, 0.1) is 4.90 Å². The SMILES string of the molecule is CCN(CCCNS(=O)(=O)c1ccccc1)c1ccccc1. The molecule has 2 aromatic carbocycles. The van der Waals surface area contributed by atoms with E-state index in [0.717, 1.165) is 25.2 Å². The van der Waals surface area contributed by atoms with Crippen molar-refractivity contribution >= 4 is 15.7 Å². The highest BCUT2D eigenvalue weighted by Gasteiger charge is 2.12. The third-order valence-electron chi connectivity index (χ3n) is 3.45. The minimum Gasteiger partial charge on any atom is -0.372 e. The van der Waals surface area contributed by atoms with Crippen molar-refractivity contribution in [3.05, 3.63) is 60.7 Å². The molecule has 0 radical (unpaired) electrons. The number of hydrogen-bond acceptors (Lipinski definition) is 3. The summed E-state index contributed by atoms with van der Waals surface area (Å²) in [4.78, 5) is 2.54. The van der Waals surface area contributed by atoms with E-state index in [0.29, 0.717) is 11.4 Å². The van der Waals surface area contributed by atoms with Crippen molar-refractivity contribution in [2.24, 2.45) is 0 Å². The van der Waals surface area contributed by atoms with Crippen LogP contribution in [0.2, 0.25) is 0 Å². The maximum Gasteiger partial charge on any atom is 0.240 e. The first-order chi connectivity index (χ1) is 10.6. The van der Waals surface area contributed by atoms with Crippen LogP contribution in [0.5, 0.6) is 0 Å².